The van der Waals surface area contributed by atoms with Gasteiger partial charge in [-0.3, -0.25) is 4.79 Å². The Hall–Kier alpha value is -2.47. The van der Waals surface area contributed by atoms with Gasteiger partial charge in [0.2, 0.25) is 0 Å². The molecule has 1 aromatic heterocycles. The van der Waals surface area contributed by atoms with Crippen LogP contribution in [0.5, 0.6) is 5.75 Å². The zero-order valence-electron chi connectivity index (χ0n) is 12.4. The predicted molar refractivity (Wildman–Crippen MR) is 83.9 cm³/mol. The van der Waals surface area contributed by atoms with E-state index in [1.807, 2.05) is 0 Å². The third-order valence-corrected chi connectivity index (χ3v) is 3.98. The van der Waals surface area contributed by atoms with E-state index < -0.39 is 17.9 Å². The maximum Gasteiger partial charge on any atom is 0.330 e. The Bertz CT molecular complexity index is 784. The van der Waals surface area contributed by atoms with Gasteiger partial charge < -0.3 is 19.7 Å². The van der Waals surface area contributed by atoms with E-state index in [2.05, 4.69) is 5.32 Å². The number of rotatable bonds is 4. The van der Waals surface area contributed by atoms with E-state index in [0.717, 1.165) is 17.7 Å². The second-order valence-electron chi connectivity index (χ2n) is 5.36. The molecule has 2 N–H and O–H groups in total. The molecule has 0 saturated heterocycles. The summed E-state index contributed by atoms with van der Waals surface area (Å²) in [4.78, 5) is 23.9. The first kappa shape index (κ1) is 15.4. The summed E-state index contributed by atoms with van der Waals surface area (Å²) < 4.78 is 6.96. The van der Waals surface area contributed by atoms with Crippen LogP contribution in [0.4, 0.5) is 0 Å². The van der Waals surface area contributed by atoms with Crippen LogP contribution in [0, 0.1) is 0 Å². The van der Waals surface area contributed by atoms with E-state index >= 15 is 0 Å². The molecule has 0 radical (unpaired) electrons. The Kier molecular flexibility index (Phi) is 4.00. The fraction of sp³-hybridized carbons (Fsp3) is 0.250. The standard InChI is InChI=1S/C16H15ClN2O4/c1-19-8-11(17)7-12(19)15(20)18-14(16(21)22)10-2-3-13-9(6-10)4-5-23-13/h2-3,6-8,14H,4-5H2,1H3,(H,18,20)(H,21,22). The molecule has 0 bridgehead atoms. The molecule has 23 heavy (non-hydrogen) atoms. The molecule has 120 valence electrons. The van der Waals surface area contributed by atoms with Crippen LogP contribution in [0.2, 0.25) is 5.02 Å². The maximum absolute atomic E-state index is 12.3. The highest BCUT2D eigenvalue weighted by Crippen LogP contribution is 2.28. The number of benzene rings is 1. The first-order valence-electron chi connectivity index (χ1n) is 7.07. The molecule has 0 aliphatic carbocycles. The lowest BCUT2D eigenvalue weighted by molar-refractivity contribution is -0.139. The zero-order chi connectivity index (χ0) is 16.6. The van der Waals surface area contributed by atoms with Gasteiger partial charge in [0.05, 0.1) is 11.6 Å². The van der Waals surface area contributed by atoms with Gasteiger partial charge in [-0.25, -0.2) is 4.79 Å². The summed E-state index contributed by atoms with van der Waals surface area (Å²) in [5, 5.41) is 12.4. The molecular formula is C16H15ClN2O4. The number of aryl methyl sites for hydroxylation is 1. The summed E-state index contributed by atoms with van der Waals surface area (Å²) in [5.74, 6) is -0.862. The number of ether oxygens (including phenoxy) is 1. The molecule has 2 heterocycles. The second kappa shape index (κ2) is 5.96. The largest absolute Gasteiger partial charge is 0.493 e. The van der Waals surface area contributed by atoms with Crippen LogP contribution in [0.1, 0.15) is 27.7 Å². The highest BCUT2D eigenvalue weighted by molar-refractivity contribution is 6.31. The number of fused-ring (bicyclic) bond motifs is 1. The number of hydrogen-bond acceptors (Lipinski definition) is 3. The molecule has 2 aromatic rings. The van der Waals surface area contributed by atoms with Crippen LogP contribution >= 0.6 is 11.6 Å². The van der Waals surface area contributed by atoms with Gasteiger partial charge in [-0.2, -0.15) is 0 Å². The van der Waals surface area contributed by atoms with Gasteiger partial charge in [-0.15, -0.1) is 0 Å². The van der Waals surface area contributed by atoms with E-state index in [9.17, 15) is 14.7 Å². The Morgan fingerprint density at radius 1 is 1.39 bits per heavy atom. The zero-order valence-corrected chi connectivity index (χ0v) is 13.1. The fourth-order valence-corrected chi connectivity index (χ4v) is 2.88. The Morgan fingerprint density at radius 3 is 2.83 bits per heavy atom. The van der Waals surface area contributed by atoms with Gasteiger partial charge in [0.25, 0.3) is 5.91 Å². The number of halogens is 1. The molecule has 0 saturated carbocycles. The fourth-order valence-electron chi connectivity index (χ4n) is 2.63. The Labute approximate surface area is 137 Å². The number of nitrogens with one attached hydrogen (secondary N) is 1. The van der Waals surface area contributed by atoms with E-state index in [-0.39, 0.29) is 0 Å². The predicted octanol–water partition coefficient (Wildman–Crippen LogP) is 2.17. The van der Waals surface area contributed by atoms with Gasteiger partial charge in [0.1, 0.15) is 11.4 Å². The van der Waals surface area contributed by atoms with Crippen molar-refractivity contribution in [2.45, 2.75) is 12.5 Å². The average Bonchev–Trinajstić information content (AvgIpc) is 3.09. The van der Waals surface area contributed by atoms with Crippen LogP contribution in [0.25, 0.3) is 0 Å². The molecule has 1 aromatic carbocycles. The van der Waals surface area contributed by atoms with Crippen molar-refractivity contribution in [3.8, 4) is 5.75 Å². The van der Waals surface area contributed by atoms with Crippen molar-refractivity contribution >= 4 is 23.5 Å². The lowest BCUT2D eigenvalue weighted by atomic mass is 10.0. The van der Waals surface area contributed by atoms with Crippen molar-refractivity contribution in [2.24, 2.45) is 7.05 Å². The molecule has 1 amide bonds. The lowest BCUT2D eigenvalue weighted by Gasteiger charge is -2.16. The van der Waals surface area contributed by atoms with Crippen molar-refractivity contribution in [3.63, 3.8) is 0 Å². The van der Waals surface area contributed by atoms with Gasteiger partial charge >= 0.3 is 5.97 Å². The van der Waals surface area contributed by atoms with Crippen molar-refractivity contribution in [3.05, 3.63) is 52.3 Å². The topological polar surface area (TPSA) is 80.6 Å². The van der Waals surface area contributed by atoms with E-state index in [4.69, 9.17) is 16.3 Å². The molecule has 1 unspecified atom stereocenters. The quantitative estimate of drug-likeness (QED) is 0.898. The van der Waals surface area contributed by atoms with Crippen molar-refractivity contribution in [1.29, 1.82) is 0 Å². The third kappa shape index (κ3) is 3.03. The van der Waals surface area contributed by atoms with Crippen LogP contribution < -0.4 is 10.1 Å². The minimum absolute atomic E-state index is 0.297. The summed E-state index contributed by atoms with van der Waals surface area (Å²) in [5.41, 5.74) is 1.76. The number of carboxylic acids is 1. The van der Waals surface area contributed by atoms with Crippen molar-refractivity contribution in [1.82, 2.24) is 9.88 Å². The van der Waals surface area contributed by atoms with Gasteiger partial charge in [-0.05, 0) is 29.3 Å². The maximum atomic E-state index is 12.3. The molecule has 1 atom stereocenters. The number of hydrogen-bond donors (Lipinski definition) is 2. The summed E-state index contributed by atoms with van der Waals surface area (Å²) in [7, 11) is 1.67. The second-order valence-corrected chi connectivity index (χ2v) is 5.80. The van der Waals surface area contributed by atoms with Crippen LogP contribution in [-0.2, 0) is 18.3 Å². The number of carbonyl (C=O) groups excluding carboxylic acids is 1. The number of aliphatic carboxylic acids is 1. The minimum atomic E-state index is -1.14. The highest BCUT2D eigenvalue weighted by Gasteiger charge is 2.25. The normalized spacial score (nSPS) is 14.0. The summed E-state index contributed by atoms with van der Waals surface area (Å²) >= 11 is 5.86. The van der Waals surface area contributed by atoms with Crippen LogP contribution in [-0.4, -0.2) is 28.2 Å². The number of carboxylic acid groups (broad SMARTS) is 1. The highest BCUT2D eigenvalue weighted by atomic mass is 35.5. The van der Waals surface area contributed by atoms with E-state index in [1.54, 1.807) is 36.0 Å². The lowest BCUT2D eigenvalue weighted by Crippen LogP contribution is -2.34. The number of nitrogens with zero attached hydrogens (tertiary/aromatic N) is 1. The number of aromatic nitrogens is 1. The number of amides is 1. The molecular weight excluding hydrogens is 320 g/mol. The van der Waals surface area contributed by atoms with E-state index in [1.165, 1.54) is 6.07 Å². The summed E-state index contributed by atoms with van der Waals surface area (Å²) in [6.45, 7) is 0.588. The van der Waals surface area contributed by atoms with Crippen LogP contribution in [0.15, 0.2) is 30.5 Å². The first-order chi connectivity index (χ1) is 11.0. The monoisotopic (exact) mass is 334 g/mol. The van der Waals surface area contributed by atoms with Crippen molar-refractivity contribution < 1.29 is 19.4 Å². The molecule has 1 aliphatic heterocycles. The molecule has 1 aliphatic rings. The Balaban J connectivity index is 1.86. The average molecular weight is 335 g/mol. The molecule has 0 fully saturated rings. The molecule has 3 rings (SSSR count). The van der Waals surface area contributed by atoms with Crippen molar-refractivity contribution in [2.75, 3.05) is 6.61 Å². The van der Waals surface area contributed by atoms with Crippen LogP contribution in [0.3, 0.4) is 0 Å². The minimum Gasteiger partial charge on any atom is -0.493 e. The van der Waals surface area contributed by atoms with Gasteiger partial charge in [-0.1, -0.05) is 17.7 Å². The third-order valence-electron chi connectivity index (χ3n) is 3.77. The van der Waals surface area contributed by atoms with E-state index in [0.29, 0.717) is 22.9 Å². The first-order valence-corrected chi connectivity index (χ1v) is 7.44. The SMILES string of the molecule is Cn1cc(Cl)cc1C(=O)NC(C(=O)O)c1ccc2c(c1)CCO2. The van der Waals surface area contributed by atoms with Gasteiger partial charge in [0.15, 0.2) is 6.04 Å². The molecule has 0 spiro atoms. The van der Waals surface area contributed by atoms with Gasteiger partial charge in [0, 0.05) is 19.7 Å². The number of carbonyl (C=O) groups is 2. The smallest absolute Gasteiger partial charge is 0.330 e. The molecule has 6 nitrogen and oxygen atoms in total. The summed E-state index contributed by atoms with van der Waals surface area (Å²) in [6.07, 6.45) is 2.32. The molecule has 7 heteroatoms. The Morgan fingerprint density at radius 2 is 2.17 bits per heavy atom. The summed E-state index contributed by atoms with van der Waals surface area (Å²) in [6, 6.07) is 5.51.